The Balaban J connectivity index is 2.21. The van der Waals surface area contributed by atoms with Crippen LogP contribution < -0.4 is 5.43 Å². The Morgan fingerprint density at radius 1 is 1.38 bits per heavy atom. The topological polar surface area (TPSA) is 75.5 Å². The molecule has 0 bridgehead atoms. The van der Waals surface area contributed by atoms with Gasteiger partial charge in [0, 0.05) is 18.2 Å². The van der Waals surface area contributed by atoms with E-state index in [0.717, 1.165) is 19.3 Å². The molecule has 114 valence electrons. The van der Waals surface area contributed by atoms with Gasteiger partial charge in [0.1, 0.15) is 4.47 Å². The maximum absolute atomic E-state index is 12.4. The van der Waals surface area contributed by atoms with Crippen LogP contribution in [0.25, 0.3) is 0 Å². The molecule has 1 saturated heterocycles. The third kappa shape index (κ3) is 3.41. The minimum absolute atomic E-state index is 0.109. The zero-order valence-corrected chi connectivity index (χ0v) is 13.6. The lowest BCUT2D eigenvalue weighted by Gasteiger charge is -2.38. The van der Waals surface area contributed by atoms with E-state index in [1.54, 1.807) is 6.07 Å². The van der Waals surface area contributed by atoms with Crippen molar-refractivity contribution < 1.29 is 9.72 Å². The van der Waals surface area contributed by atoms with Crippen LogP contribution in [0.3, 0.4) is 0 Å². The molecule has 0 aliphatic carbocycles. The highest BCUT2D eigenvalue weighted by Gasteiger charge is 2.28. The van der Waals surface area contributed by atoms with Crippen LogP contribution in [0.2, 0.25) is 0 Å². The smallest absolute Gasteiger partial charge is 0.284 e. The normalized spacial score (nSPS) is 22.8. The van der Waals surface area contributed by atoms with E-state index in [4.69, 9.17) is 0 Å². The van der Waals surface area contributed by atoms with Crippen molar-refractivity contribution >= 4 is 27.5 Å². The lowest BCUT2D eigenvalue weighted by Crippen LogP contribution is -2.54. The van der Waals surface area contributed by atoms with Crippen molar-refractivity contribution in [3.05, 3.63) is 38.3 Å². The number of piperidine rings is 1. The molecule has 1 aliphatic heterocycles. The molecule has 2 rings (SSSR count). The highest BCUT2D eigenvalue weighted by molar-refractivity contribution is 9.10. The molecule has 0 saturated carbocycles. The minimum Gasteiger partial charge on any atom is -0.284 e. The van der Waals surface area contributed by atoms with Crippen LogP contribution in [-0.2, 0) is 0 Å². The third-order valence-electron chi connectivity index (χ3n) is 3.84. The largest absolute Gasteiger partial charge is 0.284 e. The first kappa shape index (κ1) is 15.9. The Morgan fingerprint density at radius 2 is 2.00 bits per heavy atom. The molecule has 1 aromatic rings. The lowest BCUT2D eigenvalue weighted by atomic mass is 10.00. The zero-order chi connectivity index (χ0) is 15.6. The summed E-state index contributed by atoms with van der Waals surface area (Å²) in [4.78, 5) is 22.8. The van der Waals surface area contributed by atoms with Gasteiger partial charge in [0.05, 0.1) is 10.5 Å². The number of amides is 1. The summed E-state index contributed by atoms with van der Waals surface area (Å²) in [5.74, 6) is -0.328. The number of hydrogen-bond donors (Lipinski definition) is 1. The van der Waals surface area contributed by atoms with Crippen molar-refractivity contribution in [2.24, 2.45) is 0 Å². The number of halogens is 1. The summed E-state index contributed by atoms with van der Waals surface area (Å²) in [5, 5.41) is 12.9. The summed E-state index contributed by atoms with van der Waals surface area (Å²) in [6, 6.07) is 4.98. The average Bonchev–Trinajstić information content (AvgIpc) is 2.42. The number of carbonyl (C=O) groups is 1. The van der Waals surface area contributed by atoms with Gasteiger partial charge in [-0.1, -0.05) is 12.5 Å². The molecule has 1 N–H and O–H groups in total. The first-order valence-corrected chi connectivity index (χ1v) is 7.73. The number of nitro benzene ring substituents is 1. The zero-order valence-electron chi connectivity index (χ0n) is 12.0. The van der Waals surface area contributed by atoms with Crippen LogP contribution in [-0.4, -0.2) is 27.9 Å². The second-order valence-electron chi connectivity index (χ2n) is 5.37. The molecule has 2 unspecified atom stereocenters. The Morgan fingerprint density at radius 3 is 2.57 bits per heavy atom. The number of hydrogen-bond acceptors (Lipinski definition) is 4. The summed E-state index contributed by atoms with van der Waals surface area (Å²) < 4.78 is 0.213. The molecule has 21 heavy (non-hydrogen) atoms. The lowest BCUT2D eigenvalue weighted by molar-refractivity contribution is -0.385. The summed E-state index contributed by atoms with van der Waals surface area (Å²) in [7, 11) is 0. The fourth-order valence-electron chi connectivity index (χ4n) is 2.66. The quantitative estimate of drug-likeness (QED) is 0.666. The van der Waals surface area contributed by atoms with Crippen molar-refractivity contribution in [2.45, 2.75) is 45.2 Å². The third-order valence-corrected chi connectivity index (χ3v) is 4.68. The van der Waals surface area contributed by atoms with E-state index in [-0.39, 0.29) is 33.7 Å². The van der Waals surface area contributed by atoms with Crippen LogP contribution >= 0.6 is 15.9 Å². The number of benzene rings is 1. The number of carbonyl (C=O) groups excluding carboxylic acids is 1. The summed E-state index contributed by atoms with van der Waals surface area (Å²) in [6.45, 7) is 4.14. The Labute approximate surface area is 131 Å². The van der Waals surface area contributed by atoms with Gasteiger partial charge < -0.3 is 0 Å². The second kappa shape index (κ2) is 6.53. The van der Waals surface area contributed by atoms with Gasteiger partial charge in [-0.3, -0.25) is 20.3 Å². The summed E-state index contributed by atoms with van der Waals surface area (Å²) >= 11 is 3.16. The predicted octanol–water partition coefficient (Wildman–Crippen LogP) is 3.27. The van der Waals surface area contributed by atoms with Gasteiger partial charge in [0.15, 0.2) is 0 Å². The SMILES string of the molecule is CC1CCCC(C)N1NC(=O)c1cccc([N+](=O)[O-])c1Br. The molecule has 0 aromatic heterocycles. The first-order valence-electron chi connectivity index (χ1n) is 6.94. The molecule has 0 radical (unpaired) electrons. The van der Waals surface area contributed by atoms with E-state index in [0.29, 0.717) is 0 Å². The van der Waals surface area contributed by atoms with Crippen LogP contribution in [0.5, 0.6) is 0 Å². The molecule has 1 heterocycles. The summed E-state index contributed by atoms with van der Waals surface area (Å²) in [5.41, 5.74) is 3.05. The van der Waals surface area contributed by atoms with Gasteiger partial charge in [-0.2, -0.15) is 0 Å². The number of nitrogens with one attached hydrogen (secondary N) is 1. The Kier molecular flexibility index (Phi) is 4.95. The van der Waals surface area contributed by atoms with E-state index < -0.39 is 4.92 Å². The molecule has 1 fully saturated rings. The number of hydrazine groups is 1. The molecule has 1 aromatic carbocycles. The second-order valence-corrected chi connectivity index (χ2v) is 6.17. The minimum atomic E-state index is -0.507. The average molecular weight is 356 g/mol. The molecule has 1 aliphatic rings. The molecule has 2 atom stereocenters. The highest BCUT2D eigenvalue weighted by Crippen LogP contribution is 2.28. The molecular weight excluding hydrogens is 338 g/mol. The van der Waals surface area contributed by atoms with Crippen molar-refractivity contribution in [2.75, 3.05) is 0 Å². The van der Waals surface area contributed by atoms with E-state index in [9.17, 15) is 14.9 Å². The van der Waals surface area contributed by atoms with Crippen LogP contribution in [0, 0.1) is 10.1 Å². The molecule has 1 amide bonds. The van der Waals surface area contributed by atoms with E-state index >= 15 is 0 Å². The molecule has 0 spiro atoms. The number of nitro groups is 1. The van der Waals surface area contributed by atoms with Gasteiger partial charge in [-0.05, 0) is 48.7 Å². The van der Waals surface area contributed by atoms with Gasteiger partial charge in [-0.15, -0.1) is 0 Å². The van der Waals surface area contributed by atoms with Crippen LogP contribution in [0.15, 0.2) is 22.7 Å². The van der Waals surface area contributed by atoms with Crippen LogP contribution in [0.4, 0.5) is 5.69 Å². The predicted molar refractivity (Wildman–Crippen MR) is 82.9 cm³/mol. The van der Waals surface area contributed by atoms with Gasteiger partial charge >= 0.3 is 0 Å². The Hall–Kier alpha value is -1.47. The van der Waals surface area contributed by atoms with Crippen molar-refractivity contribution in [1.82, 2.24) is 10.4 Å². The fourth-order valence-corrected chi connectivity index (χ4v) is 3.24. The fraction of sp³-hybridized carbons (Fsp3) is 0.500. The summed E-state index contributed by atoms with van der Waals surface area (Å²) in [6.07, 6.45) is 3.21. The van der Waals surface area contributed by atoms with E-state index in [1.807, 2.05) is 5.01 Å². The van der Waals surface area contributed by atoms with Gasteiger partial charge in [0.25, 0.3) is 11.6 Å². The Bertz CT molecular complexity index is 554. The van der Waals surface area contributed by atoms with Crippen molar-refractivity contribution in [3.63, 3.8) is 0 Å². The van der Waals surface area contributed by atoms with Crippen molar-refractivity contribution in [1.29, 1.82) is 0 Å². The number of rotatable bonds is 3. The standard InChI is InChI=1S/C14H18BrN3O3/c1-9-5-3-6-10(2)17(9)16-14(19)11-7-4-8-12(13(11)15)18(20)21/h4,7-10H,3,5-6H2,1-2H3,(H,16,19). The van der Waals surface area contributed by atoms with Crippen molar-refractivity contribution in [3.8, 4) is 0 Å². The first-order chi connectivity index (χ1) is 9.91. The molecule has 7 heteroatoms. The molecular formula is C14H18BrN3O3. The van der Waals surface area contributed by atoms with E-state index in [2.05, 4.69) is 35.2 Å². The monoisotopic (exact) mass is 355 g/mol. The highest BCUT2D eigenvalue weighted by atomic mass is 79.9. The maximum Gasteiger partial charge on any atom is 0.284 e. The van der Waals surface area contributed by atoms with E-state index in [1.165, 1.54) is 12.1 Å². The van der Waals surface area contributed by atoms with Gasteiger partial charge in [-0.25, -0.2) is 5.01 Å². The number of nitrogens with zero attached hydrogens (tertiary/aromatic N) is 2. The molecule has 6 nitrogen and oxygen atoms in total. The van der Waals surface area contributed by atoms with Gasteiger partial charge in [0.2, 0.25) is 0 Å². The maximum atomic E-state index is 12.4. The van der Waals surface area contributed by atoms with Crippen LogP contribution in [0.1, 0.15) is 43.5 Å².